The number of hydrogen-bond acceptors (Lipinski definition) is 4. The van der Waals surface area contributed by atoms with E-state index in [1.165, 1.54) is 24.3 Å². The second kappa shape index (κ2) is 6.40. The number of rotatable bonds is 3. The summed E-state index contributed by atoms with van der Waals surface area (Å²) in [7, 11) is 0. The highest BCUT2D eigenvalue weighted by atomic mass is 19.1. The zero-order chi connectivity index (χ0) is 18.1. The summed E-state index contributed by atoms with van der Waals surface area (Å²) in [5.41, 5.74) is 3.18. The van der Waals surface area contributed by atoms with Gasteiger partial charge in [-0.05, 0) is 49.4 Å². The number of para-hydroxylation sites is 1. The van der Waals surface area contributed by atoms with E-state index >= 15 is 0 Å². The van der Waals surface area contributed by atoms with Crippen molar-refractivity contribution in [2.45, 2.75) is 6.92 Å². The average molecular weight is 347 g/mol. The van der Waals surface area contributed by atoms with Gasteiger partial charge in [0.2, 0.25) is 5.90 Å². The number of aryl methyl sites for hydroxylation is 1. The van der Waals surface area contributed by atoms with E-state index in [9.17, 15) is 9.18 Å². The summed E-state index contributed by atoms with van der Waals surface area (Å²) in [6, 6.07) is 15.3. The molecule has 1 aliphatic rings. The van der Waals surface area contributed by atoms with Crippen LogP contribution in [0, 0.1) is 12.7 Å². The molecule has 0 amide bonds. The van der Waals surface area contributed by atoms with Crippen LogP contribution in [0.4, 0.5) is 4.39 Å². The third-order valence-corrected chi connectivity index (χ3v) is 3.96. The number of halogens is 1. The van der Waals surface area contributed by atoms with Gasteiger partial charge in [-0.15, -0.1) is 0 Å². The Morgan fingerprint density at radius 3 is 2.54 bits per heavy atom. The molecule has 0 radical (unpaired) electrons. The molecule has 4 rings (SSSR count). The molecule has 0 aliphatic carbocycles. The normalized spacial score (nSPS) is 15.2. The molecule has 0 saturated carbocycles. The van der Waals surface area contributed by atoms with Crippen molar-refractivity contribution in [1.82, 2.24) is 9.78 Å². The average Bonchev–Trinajstić information content (AvgIpc) is 3.20. The molecule has 26 heavy (non-hydrogen) atoms. The molecule has 6 heteroatoms. The van der Waals surface area contributed by atoms with Gasteiger partial charge in [0.15, 0.2) is 5.70 Å². The van der Waals surface area contributed by atoms with Gasteiger partial charge in [-0.3, -0.25) is 0 Å². The lowest BCUT2D eigenvalue weighted by Gasteiger charge is -1.98. The second-order valence-corrected chi connectivity index (χ2v) is 5.79. The summed E-state index contributed by atoms with van der Waals surface area (Å²) >= 11 is 0. The molecule has 0 unspecified atom stereocenters. The summed E-state index contributed by atoms with van der Waals surface area (Å²) in [4.78, 5) is 16.3. The van der Waals surface area contributed by atoms with Crippen molar-refractivity contribution in [1.29, 1.82) is 0 Å². The Balaban J connectivity index is 1.67. The van der Waals surface area contributed by atoms with Gasteiger partial charge in [-0.2, -0.15) is 5.10 Å². The van der Waals surface area contributed by atoms with E-state index in [-0.39, 0.29) is 17.4 Å². The Morgan fingerprint density at radius 1 is 1.08 bits per heavy atom. The van der Waals surface area contributed by atoms with E-state index in [2.05, 4.69) is 10.1 Å². The van der Waals surface area contributed by atoms with Crippen LogP contribution in [0.25, 0.3) is 11.8 Å². The number of hydrogen-bond donors (Lipinski definition) is 0. The van der Waals surface area contributed by atoms with E-state index < -0.39 is 5.97 Å². The first-order valence-corrected chi connectivity index (χ1v) is 8.00. The van der Waals surface area contributed by atoms with Crippen LogP contribution >= 0.6 is 0 Å². The highest BCUT2D eigenvalue weighted by molar-refractivity contribution is 6.12. The van der Waals surface area contributed by atoms with Crippen LogP contribution in [0.15, 0.2) is 71.5 Å². The van der Waals surface area contributed by atoms with E-state index in [4.69, 9.17) is 4.74 Å². The summed E-state index contributed by atoms with van der Waals surface area (Å²) in [5, 5.41) is 4.46. The zero-order valence-electron chi connectivity index (χ0n) is 13.9. The van der Waals surface area contributed by atoms with Crippen molar-refractivity contribution < 1.29 is 13.9 Å². The van der Waals surface area contributed by atoms with Gasteiger partial charge >= 0.3 is 5.97 Å². The largest absolute Gasteiger partial charge is 0.402 e. The number of esters is 1. The number of aromatic nitrogens is 2. The molecule has 1 aromatic heterocycles. The molecule has 5 nitrogen and oxygen atoms in total. The Hall–Kier alpha value is -3.54. The number of ether oxygens (including phenoxy) is 1. The number of carbonyl (C=O) groups is 1. The fourth-order valence-electron chi connectivity index (χ4n) is 2.60. The van der Waals surface area contributed by atoms with Gasteiger partial charge in [-0.25, -0.2) is 18.9 Å². The standard InChI is InChI=1S/C20H14FN3O2/c1-13-15(12-24(23-13)17-5-3-2-4-6-17)11-18-20(25)26-19(22-18)14-7-9-16(21)10-8-14/h2-12H,1H3. The maximum absolute atomic E-state index is 13.0. The second-order valence-electron chi connectivity index (χ2n) is 5.79. The lowest BCUT2D eigenvalue weighted by molar-refractivity contribution is -0.129. The Morgan fingerprint density at radius 2 is 1.81 bits per heavy atom. The summed E-state index contributed by atoms with van der Waals surface area (Å²) in [6.07, 6.45) is 3.47. The van der Waals surface area contributed by atoms with Crippen LogP contribution < -0.4 is 0 Å². The number of carbonyl (C=O) groups excluding carboxylic acids is 1. The number of aliphatic imine (C=N–C) groups is 1. The molecular weight excluding hydrogens is 333 g/mol. The van der Waals surface area contributed by atoms with Crippen molar-refractivity contribution in [3.05, 3.63) is 89.1 Å². The fourth-order valence-corrected chi connectivity index (χ4v) is 2.60. The third-order valence-electron chi connectivity index (χ3n) is 3.96. The minimum atomic E-state index is -0.545. The highest BCUT2D eigenvalue weighted by Gasteiger charge is 2.24. The predicted molar refractivity (Wildman–Crippen MR) is 95.3 cm³/mol. The molecule has 0 bridgehead atoms. The summed E-state index contributed by atoms with van der Waals surface area (Å²) < 4.78 is 20.0. The van der Waals surface area contributed by atoms with Crippen LogP contribution in [-0.2, 0) is 9.53 Å². The first-order chi connectivity index (χ1) is 12.6. The van der Waals surface area contributed by atoms with E-state index in [0.717, 1.165) is 16.9 Å². The van der Waals surface area contributed by atoms with Crippen molar-refractivity contribution in [2.75, 3.05) is 0 Å². The van der Waals surface area contributed by atoms with Crippen LogP contribution in [0.5, 0.6) is 0 Å². The van der Waals surface area contributed by atoms with Crippen LogP contribution in [0.1, 0.15) is 16.8 Å². The molecule has 0 atom stereocenters. The van der Waals surface area contributed by atoms with Gasteiger partial charge in [-0.1, -0.05) is 18.2 Å². The van der Waals surface area contributed by atoms with Gasteiger partial charge in [0.1, 0.15) is 5.82 Å². The van der Waals surface area contributed by atoms with Crippen molar-refractivity contribution in [3.8, 4) is 5.69 Å². The topological polar surface area (TPSA) is 56.5 Å². The predicted octanol–water partition coefficient (Wildman–Crippen LogP) is 3.66. The Bertz CT molecular complexity index is 1030. The lowest BCUT2D eigenvalue weighted by atomic mass is 10.2. The first-order valence-electron chi connectivity index (χ1n) is 8.00. The van der Waals surface area contributed by atoms with Gasteiger partial charge in [0, 0.05) is 17.3 Å². The van der Waals surface area contributed by atoms with Crippen molar-refractivity contribution in [2.24, 2.45) is 4.99 Å². The summed E-state index contributed by atoms with van der Waals surface area (Å²) in [6.45, 7) is 1.86. The molecule has 0 N–H and O–H groups in total. The molecule has 2 aromatic carbocycles. The number of cyclic esters (lactones) is 1. The minimum Gasteiger partial charge on any atom is -0.402 e. The molecule has 2 heterocycles. The Kier molecular flexibility index (Phi) is 3.93. The van der Waals surface area contributed by atoms with Crippen LogP contribution in [-0.4, -0.2) is 21.6 Å². The van der Waals surface area contributed by atoms with Gasteiger partial charge < -0.3 is 4.74 Å². The van der Waals surface area contributed by atoms with Gasteiger partial charge in [0.25, 0.3) is 0 Å². The molecule has 0 saturated heterocycles. The first kappa shape index (κ1) is 16.0. The quantitative estimate of drug-likeness (QED) is 0.537. The molecule has 3 aromatic rings. The van der Waals surface area contributed by atoms with Crippen molar-refractivity contribution >= 4 is 17.9 Å². The zero-order valence-corrected chi connectivity index (χ0v) is 13.9. The molecular formula is C20H14FN3O2. The number of benzene rings is 2. The third kappa shape index (κ3) is 3.04. The van der Waals surface area contributed by atoms with Crippen molar-refractivity contribution in [3.63, 3.8) is 0 Å². The minimum absolute atomic E-state index is 0.161. The van der Waals surface area contributed by atoms with Gasteiger partial charge in [0.05, 0.1) is 11.4 Å². The number of nitrogens with zero attached hydrogens (tertiary/aromatic N) is 3. The highest BCUT2D eigenvalue weighted by Crippen LogP contribution is 2.21. The summed E-state index contributed by atoms with van der Waals surface area (Å²) in [5.74, 6) is -0.746. The van der Waals surface area contributed by atoms with E-state index in [1.54, 1.807) is 10.8 Å². The Labute approximate surface area is 149 Å². The van der Waals surface area contributed by atoms with E-state index in [1.807, 2.05) is 43.5 Å². The monoisotopic (exact) mass is 347 g/mol. The fraction of sp³-hybridized carbons (Fsp3) is 0.0500. The van der Waals surface area contributed by atoms with Crippen LogP contribution in [0.2, 0.25) is 0 Å². The van der Waals surface area contributed by atoms with E-state index in [0.29, 0.717) is 5.56 Å². The molecule has 0 spiro atoms. The smallest absolute Gasteiger partial charge is 0.363 e. The maximum atomic E-state index is 13.0. The molecule has 128 valence electrons. The lowest BCUT2D eigenvalue weighted by Crippen LogP contribution is -2.05. The maximum Gasteiger partial charge on any atom is 0.363 e. The SMILES string of the molecule is Cc1nn(-c2ccccc2)cc1C=C1N=C(c2ccc(F)cc2)OC1=O. The molecule has 0 fully saturated rings. The van der Waals surface area contributed by atoms with Crippen LogP contribution in [0.3, 0.4) is 0 Å². The molecule has 1 aliphatic heterocycles.